The summed E-state index contributed by atoms with van der Waals surface area (Å²) in [4.78, 5) is 48.8. The maximum absolute atomic E-state index is 12.3. The van der Waals surface area contributed by atoms with Gasteiger partial charge in [0.1, 0.15) is 18.3 Å². The minimum Gasteiger partial charge on any atom is -0.477 e. The fraction of sp³-hybridized carbons (Fsp3) is 0.538. The highest BCUT2D eigenvalue weighted by Gasteiger charge is 2.63. The van der Waals surface area contributed by atoms with Crippen LogP contribution in [-0.4, -0.2) is 64.0 Å². The zero-order valence-electron chi connectivity index (χ0n) is 11.8. The van der Waals surface area contributed by atoms with Gasteiger partial charge in [0.2, 0.25) is 5.91 Å². The molecule has 22 heavy (non-hydrogen) atoms. The molecule has 3 aliphatic rings. The van der Waals surface area contributed by atoms with Crippen LogP contribution >= 0.6 is 0 Å². The van der Waals surface area contributed by atoms with Crippen LogP contribution in [0.15, 0.2) is 11.3 Å². The van der Waals surface area contributed by atoms with Crippen molar-refractivity contribution in [2.75, 3.05) is 13.2 Å². The number of carboxylic acid groups (broad SMARTS) is 1. The van der Waals surface area contributed by atoms with Crippen LogP contribution in [-0.2, 0) is 19.1 Å². The van der Waals surface area contributed by atoms with E-state index >= 15 is 0 Å². The summed E-state index contributed by atoms with van der Waals surface area (Å²) in [5.41, 5.74) is 5.16. The highest BCUT2D eigenvalue weighted by Crippen LogP contribution is 2.48. The van der Waals surface area contributed by atoms with Gasteiger partial charge in [0, 0.05) is 25.0 Å². The molecule has 9 heteroatoms. The first kappa shape index (κ1) is 14.4. The van der Waals surface area contributed by atoms with E-state index in [4.69, 9.17) is 10.5 Å². The van der Waals surface area contributed by atoms with Gasteiger partial charge in [-0.25, -0.2) is 9.59 Å². The third kappa shape index (κ3) is 1.78. The highest BCUT2D eigenvalue weighted by atomic mass is 16.5. The Morgan fingerprint density at radius 1 is 1.41 bits per heavy atom. The van der Waals surface area contributed by atoms with Crippen LogP contribution in [0.5, 0.6) is 0 Å². The summed E-state index contributed by atoms with van der Waals surface area (Å²) < 4.78 is 4.73. The molecular formula is C13H15N3O6. The third-order valence-electron chi connectivity index (χ3n) is 4.51. The van der Waals surface area contributed by atoms with E-state index in [1.54, 1.807) is 0 Å². The average molecular weight is 309 g/mol. The van der Waals surface area contributed by atoms with Crippen molar-refractivity contribution < 1.29 is 29.0 Å². The van der Waals surface area contributed by atoms with Crippen molar-refractivity contribution in [2.24, 2.45) is 11.7 Å². The van der Waals surface area contributed by atoms with Crippen LogP contribution < -0.4 is 5.73 Å². The number of carboxylic acids is 1. The molecule has 2 saturated heterocycles. The molecule has 0 spiro atoms. The number of carbonyl (C=O) groups is 4. The molecule has 0 aromatic rings. The molecule has 3 rings (SSSR count). The van der Waals surface area contributed by atoms with E-state index in [0.717, 1.165) is 0 Å². The third-order valence-corrected chi connectivity index (χ3v) is 4.51. The number of aliphatic carboxylic acids is 1. The van der Waals surface area contributed by atoms with Gasteiger partial charge < -0.3 is 20.5 Å². The normalized spacial score (nSPS) is 29.1. The quantitative estimate of drug-likeness (QED) is 0.635. The number of hydrogen-bond donors (Lipinski definition) is 2. The summed E-state index contributed by atoms with van der Waals surface area (Å²) in [6, 6.07) is -1.01. The van der Waals surface area contributed by atoms with Crippen LogP contribution in [0.2, 0.25) is 0 Å². The number of β-lactam (4-membered cyclic amide) rings is 1. The molecule has 0 bridgehead atoms. The molecule has 3 amide bonds. The minimum absolute atomic E-state index is 0.150. The standard InChI is InChI=1S/C13H15N3O6/c1-5(17)15-3-2-6-7(4-22-13(14)21)9(12(19)20)16-8(6)10(15)11(16)18/h6,8,10H,2-4H2,1H3,(H2,14,21)(H,19,20)/t6?,8-,10+/m1/s1. The maximum Gasteiger partial charge on any atom is 0.404 e. The number of amides is 3. The Labute approximate surface area is 125 Å². The number of carbonyl (C=O) groups excluding carboxylic acids is 3. The van der Waals surface area contributed by atoms with Crippen molar-refractivity contribution in [3.8, 4) is 0 Å². The van der Waals surface area contributed by atoms with Gasteiger partial charge in [-0.15, -0.1) is 0 Å². The van der Waals surface area contributed by atoms with E-state index in [9.17, 15) is 24.3 Å². The Kier molecular flexibility index (Phi) is 3.08. The smallest absolute Gasteiger partial charge is 0.404 e. The van der Waals surface area contributed by atoms with Gasteiger partial charge in [-0.2, -0.15) is 0 Å². The molecule has 0 aliphatic carbocycles. The molecule has 3 aliphatic heterocycles. The number of likely N-dealkylation sites (tertiary alicyclic amines) is 1. The van der Waals surface area contributed by atoms with Gasteiger partial charge in [-0.05, 0) is 6.42 Å². The molecule has 0 radical (unpaired) electrons. The Morgan fingerprint density at radius 3 is 2.64 bits per heavy atom. The predicted octanol–water partition coefficient (Wildman–Crippen LogP) is -1.12. The van der Waals surface area contributed by atoms with Gasteiger partial charge >= 0.3 is 12.1 Å². The lowest BCUT2D eigenvalue weighted by atomic mass is 9.78. The first-order chi connectivity index (χ1) is 10.3. The fourth-order valence-corrected chi connectivity index (χ4v) is 3.69. The summed E-state index contributed by atoms with van der Waals surface area (Å²) in [5.74, 6) is -2.10. The largest absolute Gasteiger partial charge is 0.477 e. The topological polar surface area (TPSA) is 130 Å². The van der Waals surface area contributed by atoms with Crippen molar-refractivity contribution in [1.29, 1.82) is 0 Å². The molecule has 3 N–H and O–H groups in total. The number of nitrogens with zero attached hydrogens (tertiary/aromatic N) is 2. The van der Waals surface area contributed by atoms with Gasteiger partial charge in [-0.1, -0.05) is 0 Å². The monoisotopic (exact) mass is 309 g/mol. The SMILES string of the molecule is CC(=O)N1CCC2C(COC(N)=O)=C(C(=O)O)N3C(=O)[C@@H]1[C@@H]23. The van der Waals surface area contributed by atoms with Crippen LogP contribution in [0.4, 0.5) is 4.79 Å². The van der Waals surface area contributed by atoms with E-state index in [2.05, 4.69) is 0 Å². The first-order valence-electron chi connectivity index (χ1n) is 6.83. The summed E-state index contributed by atoms with van der Waals surface area (Å²) in [6.45, 7) is 1.50. The molecule has 3 heterocycles. The molecule has 2 fully saturated rings. The molecule has 1 unspecified atom stereocenters. The van der Waals surface area contributed by atoms with Crippen LogP contribution in [0.3, 0.4) is 0 Å². The molecule has 9 nitrogen and oxygen atoms in total. The summed E-state index contributed by atoms with van der Waals surface area (Å²) in [6.07, 6.45) is -0.491. The van der Waals surface area contributed by atoms with E-state index in [-0.39, 0.29) is 30.2 Å². The van der Waals surface area contributed by atoms with Crippen LogP contribution in [0, 0.1) is 5.92 Å². The van der Waals surface area contributed by atoms with E-state index in [1.807, 2.05) is 0 Å². The van der Waals surface area contributed by atoms with Gasteiger partial charge in [0.25, 0.3) is 5.91 Å². The van der Waals surface area contributed by atoms with Crippen molar-refractivity contribution >= 4 is 23.9 Å². The first-order valence-corrected chi connectivity index (χ1v) is 6.83. The minimum atomic E-state index is -1.25. The lowest BCUT2D eigenvalue weighted by Crippen LogP contribution is -2.73. The molecule has 118 valence electrons. The fourth-order valence-electron chi connectivity index (χ4n) is 3.69. The van der Waals surface area contributed by atoms with Gasteiger partial charge in [0.05, 0.1) is 6.04 Å². The van der Waals surface area contributed by atoms with E-state index in [0.29, 0.717) is 18.5 Å². The van der Waals surface area contributed by atoms with Crippen molar-refractivity contribution in [3.05, 3.63) is 11.3 Å². The van der Waals surface area contributed by atoms with Crippen LogP contribution in [0.25, 0.3) is 0 Å². The van der Waals surface area contributed by atoms with Crippen molar-refractivity contribution in [3.63, 3.8) is 0 Å². The Bertz CT molecular complexity index is 627. The number of nitrogens with two attached hydrogens (primary N) is 1. The zero-order chi connectivity index (χ0) is 16.2. The van der Waals surface area contributed by atoms with E-state index in [1.165, 1.54) is 16.7 Å². The summed E-state index contributed by atoms with van der Waals surface area (Å²) in [5, 5.41) is 9.38. The number of ether oxygens (including phenoxy) is 1. The van der Waals surface area contributed by atoms with Gasteiger partial charge in [-0.3, -0.25) is 14.5 Å². The Morgan fingerprint density at radius 2 is 2.09 bits per heavy atom. The lowest BCUT2D eigenvalue weighted by Gasteiger charge is -2.53. The molecule has 3 atom stereocenters. The highest BCUT2D eigenvalue weighted by molar-refractivity contribution is 6.03. The Hall–Kier alpha value is -2.58. The Balaban J connectivity index is 1.95. The summed E-state index contributed by atoms with van der Waals surface area (Å²) in [7, 11) is 0. The number of hydrogen-bond acceptors (Lipinski definition) is 5. The second-order valence-corrected chi connectivity index (χ2v) is 5.54. The maximum atomic E-state index is 12.3. The number of piperidine rings is 1. The second kappa shape index (κ2) is 4.72. The van der Waals surface area contributed by atoms with Crippen LogP contribution in [0.1, 0.15) is 13.3 Å². The van der Waals surface area contributed by atoms with E-state index < -0.39 is 24.0 Å². The van der Waals surface area contributed by atoms with Crippen molar-refractivity contribution in [2.45, 2.75) is 25.4 Å². The molecule has 0 aromatic heterocycles. The molecule has 0 saturated carbocycles. The van der Waals surface area contributed by atoms with Gasteiger partial charge in [0.15, 0.2) is 0 Å². The summed E-state index contributed by atoms with van der Waals surface area (Å²) >= 11 is 0. The lowest BCUT2D eigenvalue weighted by molar-refractivity contribution is -0.168. The zero-order valence-corrected chi connectivity index (χ0v) is 11.8. The van der Waals surface area contributed by atoms with Crippen molar-refractivity contribution in [1.82, 2.24) is 9.80 Å². The average Bonchev–Trinajstić information content (AvgIpc) is 2.76. The molecular weight excluding hydrogens is 294 g/mol. The second-order valence-electron chi connectivity index (χ2n) is 5.54. The number of rotatable bonds is 3. The predicted molar refractivity (Wildman–Crippen MR) is 70.1 cm³/mol. The molecule has 0 aromatic carbocycles. The number of primary amides is 1.